The molecule has 0 aliphatic carbocycles. The fourth-order valence-corrected chi connectivity index (χ4v) is 0.784. The first-order chi connectivity index (χ1) is 5.97. The molecule has 1 aliphatic heterocycles. The van der Waals surface area contributed by atoms with Crippen molar-refractivity contribution in [1.82, 2.24) is 0 Å². The van der Waals surface area contributed by atoms with E-state index < -0.39 is 11.6 Å². The van der Waals surface area contributed by atoms with E-state index in [1.807, 2.05) is 20.8 Å². The van der Waals surface area contributed by atoms with Crippen molar-refractivity contribution >= 4 is 5.97 Å². The van der Waals surface area contributed by atoms with Gasteiger partial charge in [0.25, 0.3) is 0 Å². The Morgan fingerprint density at radius 1 is 1.46 bits per heavy atom. The van der Waals surface area contributed by atoms with Gasteiger partial charge in [-0.25, -0.2) is 4.79 Å². The van der Waals surface area contributed by atoms with Gasteiger partial charge in [-0.3, -0.25) is 0 Å². The molecule has 0 saturated carbocycles. The third-order valence-electron chi connectivity index (χ3n) is 1.42. The summed E-state index contributed by atoms with van der Waals surface area (Å²) in [6.45, 7) is 6.72. The maximum absolute atomic E-state index is 11.1. The Balaban J connectivity index is 2.34. The highest BCUT2D eigenvalue weighted by atomic mass is 16.6. The van der Waals surface area contributed by atoms with Crippen LogP contribution in [0.15, 0.2) is 0 Å². The van der Waals surface area contributed by atoms with Crippen LogP contribution in [-0.2, 0) is 14.3 Å². The zero-order valence-corrected chi connectivity index (χ0v) is 8.22. The van der Waals surface area contributed by atoms with Gasteiger partial charge in [0.2, 0.25) is 0 Å². The van der Waals surface area contributed by atoms with Gasteiger partial charge in [-0.05, 0) is 20.8 Å². The summed E-state index contributed by atoms with van der Waals surface area (Å²) in [5, 5.41) is 0. The van der Waals surface area contributed by atoms with Gasteiger partial charge >= 0.3 is 5.97 Å². The van der Waals surface area contributed by atoms with E-state index in [2.05, 4.69) is 11.8 Å². The van der Waals surface area contributed by atoms with Crippen LogP contribution in [0.4, 0.5) is 0 Å². The van der Waals surface area contributed by atoms with Crippen molar-refractivity contribution in [2.75, 3.05) is 13.2 Å². The molecular weight excluding hydrogens is 168 g/mol. The molecule has 3 nitrogen and oxygen atoms in total. The first-order valence-electron chi connectivity index (χ1n) is 4.29. The minimum absolute atomic E-state index is 0.215. The number of carbonyl (C=O) groups is 1. The molecule has 0 spiro atoms. The van der Waals surface area contributed by atoms with Crippen LogP contribution in [0, 0.1) is 17.8 Å². The van der Waals surface area contributed by atoms with Crippen LogP contribution < -0.4 is 0 Å². The number of rotatable bonds is 0. The van der Waals surface area contributed by atoms with E-state index in [0.717, 1.165) is 0 Å². The van der Waals surface area contributed by atoms with Crippen LogP contribution in [-0.4, -0.2) is 24.8 Å². The van der Waals surface area contributed by atoms with E-state index in [1.165, 1.54) is 0 Å². The monoisotopic (exact) mass is 182 g/mol. The van der Waals surface area contributed by atoms with Crippen molar-refractivity contribution in [3.8, 4) is 11.8 Å². The highest BCUT2D eigenvalue weighted by Crippen LogP contribution is 2.08. The highest BCUT2D eigenvalue weighted by Gasteiger charge is 2.17. The normalized spacial score (nSPS) is 16.8. The molecule has 1 fully saturated rings. The molecule has 72 valence electrons. The first-order valence-corrected chi connectivity index (χ1v) is 4.29. The first kappa shape index (κ1) is 10.1. The molecule has 1 aliphatic rings. The topological polar surface area (TPSA) is 35.5 Å². The van der Waals surface area contributed by atoms with Gasteiger partial charge in [-0.15, -0.1) is 0 Å². The molecule has 0 radical (unpaired) electrons. The van der Waals surface area contributed by atoms with Gasteiger partial charge in [0.05, 0.1) is 19.1 Å². The SMILES string of the molecule is CC(C)(C)OC(=O)C#CC1COC1. The fourth-order valence-electron chi connectivity index (χ4n) is 0.784. The summed E-state index contributed by atoms with van der Waals surface area (Å²) in [5.41, 5.74) is -0.456. The van der Waals surface area contributed by atoms with Crippen molar-refractivity contribution in [2.24, 2.45) is 5.92 Å². The largest absolute Gasteiger partial charge is 0.450 e. The smallest absolute Gasteiger partial charge is 0.384 e. The molecule has 0 amide bonds. The zero-order chi connectivity index (χ0) is 9.90. The number of hydrogen-bond acceptors (Lipinski definition) is 3. The van der Waals surface area contributed by atoms with Crippen molar-refractivity contribution in [3.05, 3.63) is 0 Å². The number of carbonyl (C=O) groups excluding carboxylic acids is 1. The Labute approximate surface area is 78.4 Å². The van der Waals surface area contributed by atoms with E-state index >= 15 is 0 Å². The summed E-state index contributed by atoms with van der Waals surface area (Å²) >= 11 is 0. The van der Waals surface area contributed by atoms with Crippen molar-refractivity contribution in [2.45, 2.75) is 26.4 Å². The van der Waals surface area contributed by atoms with Crippen LogP contribution in [0.25, 0.3) is 0 Å². The highest BCUT2D eigenvalue weighted by molar-refractivity contribution is 5.88. The van der Waals surface area contributed by atoms with Gasteiger partial charge in [0, 0.05) is 5.92 Å². The third kappa shape index (κ3) is 3.95. The summed E-state index contributed by atoms with van der Waals surface area (Å²) in [7, 11) is 0. The second-order valence-corrected chi connectivity index (χ2v) is 4.01. The molecule has 0 aromatic rings. The molecule has 3 heteroatoms. The lowest BCUT2D eigenvalue weighted by Crippen LogP contribution is -2.26. The summed E-state index contributed by atoms with van der Waals surface area (Å²) in [6.07, 6.45) is 0. The fraction of sp³-hybridized carbons (Fsp3) is 0.700. The van der Waals surface area contributed by atoms with Crippen LogP contribution >= 0.6 is 0 Å². The van der Waals surface area contributed by atoms with E-state index in [-0.39, 0.29) is 5.92 Å². The number of ether oxygens (including phenoxy) is 2. The van der Waals surface area contributed by atoms with Gasteiger partial charge in [-0.2, -0.15) is 0 Å². The molecule has 0 aromatic carbocycles. The molecule has 0 unspecified atom stereocenters. The maximum Gasteiger partial charge on any atom is 0.384 e. The standard InChI is InChI=1S/C10H14O3/c1-10(2,3)13-9(11)5-4-8-6-12-7-8/h8H,6-7H2,1-3H3. The molecule has 1 heterocycles. The summed E-state index contributed by atoms with van der Waals surface area (Å²) < 4.78 is 9.92. The molecule has 0 bridgehead atoms. The van der Waals surface area contributed by atoms with Crippen LogP contribution in [0.2, 0.25) is 0 Å². The second kappa shape index (κ2) is 3.80. The van der Waals surface area contributed by atoms with E-state index in [4.69, 9.17) is 9.47 Å². The second-order valence-electron chi connectivity index (χ2n) is 4.01. The van der Waals surface area contributed by atoms with Crippen LogP contribution in [0.5, 0.6) is 0 Å². The average molecular weight is 182 g/mol. The van der Waals surface area contributed by atoms with Crippen molar-refractivity contribution < 1.29 is 14.3 Å². The van der Waals surface area contributed by atoms with Gasteiger partial charge in [-0.1, -0.05) is 5.92 Å². The Bertz CT molecular complexity index is 248. The van der Waals surface area contributed by atoms with Gasteiger partial charge in [0.15, 0.2) is 0 Å². The average Bonchev–Trinajstić information content (AvgIpc) is 1.78. The number of esters is 1. The van der Waals surface area contributed by atoms with Crippen molar-refractivity contribution in [1.29, 1.82) is 0 Å². The molecule has 1 saturated heterocycles. The van der Waals surface area contributed by atoms with Crippen LogP contribution in [0.3, 0.4) is 0 Å². The molecular formula is C10H14O3. The minimum atomic E-state index is -0.459. The maximum atomic E-state index is 11.1. The Morgan fingerprint density at radius 2 is 2.08 bits per heavy atom. The lowest BCUT2D eigenvalue weighted by Gasteiger charge is -2.20. The molecule has 0 aromatic heterocycles. The quantitative estimate of drug-likeness (QED) is 0.318. The van der Waals surface area contributed by atoms with E-state index in [9.17, 15) is 4.79 Å². The Kier molecular flexibility index (Phi) is 2.94. The zero-order valence-electron chi connectivity index (χ0n) is 8.22. The van der Waals surface area contributed by atoms with E-state index in [0.29, 0.717) is 13.2 Å². The van der Waals surface area contributed by atoms with E-state index in [1.54, 1.807) is 0 Å². The predicted octanol–water partition coefficient (Wildman–Crippen LogP) is 0.978. The van der Waals surface area contributed by atoms with Crippen molar-refractivity contribution in [3.63, 3.8) is 0 Å². The summed E-state index contributed by atoms with van der Waals surface area (Å²) in [5.74, 6) is 5.00. The molecule has 13 heavy (non-hydrogen) atoms. The molecule has 0 N–H and O–H groups in total. The minimum Gasteiger partial charge on any atom is -0.450 e. The summed E-state index contributed by atoms with van der Waals surface area (Å²) in [4.78, 5) is 11.1. The van der Waals surface area contributed by atoms with Crippen LogP contribution in [0.1, 0.15) is 20.8 Å². The predicted molar refractivity (Wildman–Crippen MR) is 47.9 cm³/mol. The van der Waals surface area contributed by atoms with Gasteiger partial charge in [0.1, 0.15) is 5.60 Å². The molecule has 0 atom stereocenters. The Morgan fingerprint density at radius 3 is 2.46 bits per heavy atom. The third-order valence-corrected chi connectivity index (χ3v) is 1.42. The summed E-state index contributed by atoms with van der Waals surface area (Å²) in [6, 6.07) is 0. The van der Waals surface area contributed by atoms with Gasteiger partial charge < -0.3 is 9.47 Å². The molecule has 1 rings (SSSR count). The number of hydrogen-bond donors (Lipinski definition) is 0. The Hall–Kier alpha value is -1.01. The lowest BCUT2D eigenvalue weighted by molar-refractivity contribution is -0.147. The lowest BCUT2D eigenvalue weighted by atomic mass is 10.1.